The number of benzene rings is 1. The Labute approximate surface area is 120 Å². The average Bonchev–Trinajstić information content (AvgIpc) is 2.96. The van der Waals surface area contributed by atoms with Gasteiger partial charge in [-0.05, 0) is 48.9 Å². The number of rotatable bonds is 4. The van der Waals surface area contributed by atoms with Crippen molar-refractivity contribution in [3.8, 4) is 0 Å². The molecule has 0 radical (unpaired) electrons. The number of pyridine rings is 1. The van der Waals surface area contributed by atoms with Crippen LogP contribution in [-0.2, 0) is 6.42 Å². The minimum atomic E-state index is 0.470. The molecule has 0 bridgehead atoms. The van der Waals surface area contributed by atoms with E-state index >= 15 is 0 Å². The van der Waals surface area contributed by atoms with Crippen LogP contribution in [0.4, 0.5) is 0 Å². The third kappa shape index (κ3) is 2.48. The first-order valence-corrected chi connectivity index (χ1v) is 7.48. The largest absolute Gasteiger partial charge is 0.310 e. The summed E-state index contributed by atoms with van der Waals surface area (Å²) in [6.45, 7) is 7.44. The molecular weight excluding hydrogens is 244 g/mol. The van der Waals surface area contributed by atoms with Crippen LogP contribution in [0.25, 0.3) is 10.9 Å². The number of nitrogens with zero attached hydrogens (tertiary/aromatic N) is 1. The van der Waals surface area contributed by atoms with Crippen LogP contribution >= 0.6 is 0 Å². The number of para-hydroxylation sites is 1. The van der Waals surface area contributed by atoms with E-state index in [1.54, 1.807) is 0 Å². The zero-order valence-corrected chi connectivity index (χ0v) is 12.0. The second-order valence-corrected chi connectivity index (χ2v) is 5.84. The van der Waals surface area contributed by atoms with Gasteiger partial charge in [0.2, 0.25) is 0 Å². The molecule has 104 valence electrons. The Hall–Kier alpha value is -1.67. The van der Waals surface area contributed by atoms with Gasteiger partial charge in [0, 0.05) is 17.6 Å². The summed E-state index contributed by atoms with van der Waals surface area (Å²) in [5.41, 5.74) is 2.51. The van der Waals surface area contributed by atoms with Crippen molar-refractivity contribution < 1.29 is 0 Å². The van der Waals surface area contributed by atoms with E-state index in [0.29, 0.717) is 17.9 Å². The highest BCUT2D eigenvalue weighted by molar-refractivity contribution is 5.81. The van der Waals surface area contributed by atoms with Gasteiger partial charge in [0.05, 0.1) is 5.52 Å². The topological polar surface area (TPSA) is 24.9 Å². The van der Waals surface area contributed by atoms with E-state index in [1.807, 2.05) is 6.20 Å². The second-order valence-electron chi connectivity index (χ2n) is 5.84. The van der Waals surface area contributed by atoms with Crippen LogP contribution in [-0.4, -0.2) is 17.6 Å². The Morgan fingerprint density at radius 1 is 1.40 bits per heavy atom. The van der Waals surface area contributed by atoms with Crippen LogP contribution in [0.5, 0.6) is 0 Å². The Morgan fingerprint density at radius 3 is 3.10 bits per heavy atom. The van der Waals surface area contributed by atoms with Crippen molar-refractivity contribution in [1.29, 1.82) is 0 Å². The van der Waals surface area contributed by atoms with Crippen LogP contribution in [0.2, 0.25) is 0 Å². The minimum Gasteiger partial charge on any atom is -0.310 e. The van der Waals surface area contributed by atoms with Gasteiger partial charge >= 0.3 is 0 Å². The van der Waals surface area contributed by atoms with Gasteiger partial charge in [-0.25, -0.2) is 0 Å². The van der Waals surface area contributed by atoms with E-state index in [0.717, 1.165) is 18.5 Å². The highest BCUT2D eigenvalue weighted by Crippen LogP contribution is 2.29. The number of aromatic nitrogens is 1. The summed E-state index contributed by atoms with van der Waals surface area (Å²) >= 11 is 0. The standard InChI is InChI=1S/C18H22N2/c1-3-17-15(9-11-19-17)13(2)12-14-8-10-20-18-7-5-4-6-16(14)18/h3-8,10,13,15,17,19H,1,9,11-12H2,2H3. The van der Waals surface area contributed by atoms with E-state index in [-0.39, 0.29) is 0 Å². The van der Waals surface area contributed by atoms with Crippen molar-refractivity contribution in [1.82, 2.24) is 10.3 Å². The van der Waals surface area contributed by atoms with E-state index < -0.39 is 0 Å². The summed E-state index contributed by atoms with van der Waals surface area (Å²) in [6.07, 6.45) is 6.36. The van der Waals surface area contributed by atoms with Crippen molar-refractivity contribution in [3.05, 3.63) is 54.7 Å². The summed E-state index contributed by atoms with van der Waals surface area (Å²) in [4.78, 5) is 4.45. The molecule has 0 amide bonds. The molecule has 3 unspecified atom stereocenters. The first-order valence-electron chi connectivity index (χ1n) is 7.48. The van der Waals surface area contributed by atoms with Crippen LogP contribution in [0.15, 0.2) is 49.2 Å². The lowest BCUT2D eigenvalue weighted by Crippen LogP contribution is -2.28. The highest BCUT2D eigenvalue weighted by Gasteiger charge is 2.29. The molecule has 1 N–H and O–H groups in total. The molecule has 1 aromatic carbocycles. The van der Waals surface area contributed by atoms with Gasteiger partial charge < -0.3 is 5.32 Å². The van der Waals surface area contributed by atoms with Gasteiger partial charge in [-0.2, -0.15) is 0 Å². The molecule has 1 aliphatic rings. The van der Waals surface area contributed by atoms with E-state index in [9.17, 15) is 0 Å². The average molecular weight is 266 g/mol. The van der Waals surface area contributed by atoms with Crippen molar-refractivity contribution >= 4 is 10.9 Å². The molecule has 1 saturated heterocycles. The molecule has 2 aromatic rings. The first kappa shape index (κ1) is 13.3. The first-order chi connectivity index (χ1) is 9.79. The van der Waals surface area contributed by atoms with Gasteiger partial charge in [0.15, 0.2) is 0 Å². The number of nitrogens with one attached hydrogen (secondary N) is 1. The summed E-state index contributed by atoms with van der Waals surface area (Å²) in [5.74, 6) is 1.35. The Balaban J connectivity index is 1.84. The normalized spacial score (nSPS) is 23.9. The zero-order chi connectivity index (χ0) is 13.9. The maximum Gasteiger partial charge on any atom is 0.0704 e. The fraction of sp³-hybridized carbons (Fsp3) is 0.389. The fourth-order valence-electron chi connectivity index (χ4n) is 3.48. The summed E-state index contributed by atoms with van der Waals surface area (Å²) in [5, 5.41) is 4.82. The SMILES string of the molecule is C=CC1NCCC1C(C)Cc1ccnc2ccccc12. The number of fused-ring (bicyclic) bond motifs is 1. The summed E-state index contributed by atoms with van der Waals surface area (Å²) < 4.78 is 0. The molecule has 1 aromatic heterocycles. The lowest BCUT2D eigenvalue weighted by atomic mass is 9.83. The van der Waals surface area contributed by atoms with Gasteiger partial charge in [0.25, 0.3) is 0 Å². The molecule has 0 spiro atoms. The molecule has 2 heteroatoms. The predicted molar refractivity (Wildman–Crippen MR) is 84.7 cm³/mol. The third-order valence-corrected chi connectivity index (χ3v) is 4.59. The van der Waals surface area contributed by atoms with E-state index in [4.69, 9.17) is 0 Å². The van der Waals surface area contributed by atoms with Crippen molar-refractivity contribution in [2.75, 3.05) is 6.54 Å². The predicted octanol–water partition coefficient (Wildman–Crippen LogP) is 3.58. The lowest BCUT2D eigenvalue weighted by molar-refractivity contribution is 0.350. The molecule has 2 nitrogen and oxygen atoms in total. The summed E-state index contributed by atoms with van der Waals surface area (Å²) in [6, 6.07) is 11.1. The Kier molecular flexibility index (Phi) is 3.83. The van der Waals surface area contributed by atoms with Crippen molar-refractivity contribution in [3.63, 3.8) is 0 Å². The second kappa shape index (κ2) is 5.76. The van der Waals surface area contributed by atoms with Crippen molar-refractivity contribution in [2.24, 2.45) is 11.8 Å². The summed E-state index contributed by atoms with van der Waals surface area (Å²) in [7, 11) is 0. The highest BCUT2D eigenvalue weighted by atomic mass is 14.9. The third-order valence-electron chi connectivity index (χ3n) is 4.59. The van der Waals surface area contributed by atoms with Crippen molar-refractivity contribution in [2.45, 2.75) is 25.8 Å². The lowest BCUT2D eigenvalue weighted by Gasteiger charge is -2.24. The molecule has 20 heavy (non-hydrogen) atoms. The molecule has 3 rings (SSSR count). The van der Waals surface area contributed by atoms with Crippen LogP contribution in [0.3, 0.4) is 0 Å². The van der Waals surface area contributed by atoms with Gasteiger partial charge in [0.1, 0.15) is 0 Å². The fourth-order valence-corrected chi connectivity index (χ4v) is 3.48. The zero-order valence-electron chi connectivity index (χ0n) is 12.0. The number of hydrogen-bond donors (Lipinski definition) is 1. The van der Waals surface area contributed by atoms with Gasteiger partial charge in [-0.1, -0.05) is 31.2 Å². The molecule has 1 aliphatic heterocycles. The molecule has 3 atom stereocenters. The van der Waals surface area contributed by atoms with Gasteiger partial charge in [-0.3, -0.25) is 4.98 Å². The maximum atomic E-state index is 4.45. The van der Waals surface area contributed by atoms with E-state index in [2.05, 4.69) is 60.2 Å². The van der Waals surface area contributed by atoms with Gasteiger partial charge in [-0.15, -0.1) is 6.58 Å². The molecule has 2 heterocycles. The smallest absolute Gasteiger partial charge is 0.0704 e. The molecule has 1 fully saturated rings. The Morgan fingerprint density at radius 2 is 2.25 bits per heavy atom. The van der Waals surface area contributed by atoms with Crippen LogP contribution in [0, 0.1) is 11.8 Å². The Bertz CT molecular complexity index is 600. The molecular formula is C18H22N2. The monoisotopic (exact) mass is 266 g/mol. The maximum absolute atomic E-state index is 4.45. The number of hydrogen-bond acceptors (Lipinski definition) is 2. The quantitative estimate of drug-likeness (QED) is 0.856. The molecule has 0 aliphatic carbocycles. The minimum absolute atomic E-state index is 0.470. The molecule has 0 saturated carbocycles. The van der Waals surface area contributed by atoms with Crippen LogP contribution in [0.1, 0.15) is 18.9 Å². The van der Waals surface area contributed by atoms with Crippen LogP contribution < -0.4 is 5.32 Å². The van der Waals surface area contributed by atoms with E-state index in [1.165, 1.54) is 17.4 Å².